The van der Waals surface area contributed by atoms with Gasteiger partial charge in [0.25, 0.3) is 0 Å². The van der Waals surface area contributed by atoms with E-state index in [1.165, 1.54) is 12.1 Å². The molecule has 0 bridgehead atoms. The minimum atomic E-state index is -0.428. The van der Waals surface area contributed by atoms with Crippen molar-refractivity contribution in [3.63, 3.8) is 0 Å². The summed E-state index contributed by atoms with van der Waals surface area (Å²) in [7, 11) is 0. The number of nitrogens with one attached hydrogen (secondary N) is 1. The molecule has 120 valence electrons. The zero-order valence-corrected chi connectivity index (χ0v) is 14.7. The highest BCUT2D eigenvalue weighted by Gasteiger charge is 2.39. The fourth-order valence-electron chi connectivity index (χ4n) is 2.92. The first-order valence-electron chi connectivity index (χ1n) is 6.76. The summed E-state index contributed by atoms with van der Waals surface area (Å²) in [5, 5.41) is 3.28. The van der Waals surface area contributed by atoms with Crippen molar-refractivity contribution >= 4 is 40.7 Å². The van der Waals surface area contributed by atoms with Gasteiger partial charge in [0.1, 0.15) is 11.6 Å². The first-order valence-corrected chi connectivity index (χ1v) is 7.55. The average molecular weight is 404 g/mol. The summed E-state index contributed by atoms with van der Waals surface area (Å²) < 4.78 is 28.8. The summed E-state index contributed by atoms with van der Waals surface area (Å²) in [6.07, 6.45) is 2.15. The summed E-state index contributed by atoms with van der Waals surface area (Å²) in [4.78, 5) is 2.23. The zero-order valence-electron chi connectivity index (χ0n) is 11.4. The summed E-state index contributed by atoms with van der Waals surface area (Å²) >= 11 is 3.14. The molecule has 3 rings (SSSR count). The van der Waals surface area contributed by atoms with Crippen molar-refractivity contribution in [3.8, 4) is 0 Å². The van der Waals surface area contributed by atoms with E-state index in [0.717, 1.165) is 39.0 Å². The van der Waals surface area contributed by atoms with Gasteiger partial charge in [-0.3, -0.25) is 4.90 Å². The van der Waals surface area contributed by atoms with E-state index < -0.39 is 11.6 Å². The fraction of sp³-hybridized carbons (Fsp3) is 0.571. The van der Waals surface area contributed by atoms with Gasteiger partial charge < -0.3 is 5.32 Å². The smallest absolute Gasteiger partial charge is 0.132 e. The maximum absolute atomic E-state index is 14.2. The van der Waals surface area contributed by atoms with Crippen molar-refractivity contribution in [2.45, 2.75) is 18.9 Å². The molecule has 1 saturated carbocycles. The first kappa shape index (κ1) is 19.1. The summed E-state index contributed by atoms with van der Waals surface area (Å²) in [6, 6.07) is 2.64. The van der Waals surface area contributed by atoms with Gasteiger partial charge in [0.2, 0.25) is 0 Å². The van der Waals surface area contributed by atoms with E-state index in [1.807, 2.05) is 0 Å². The molecule has 0 unspecified atom stereocenters. The number of hydrogen-bond donors (Lipinski definition) is 1. The molecule has 1 aromatic carbocycles. The van der Waals surface area contributed by atoms with Crippen molar-refractivity contribution < 1.29 is 8.78 Å². The summed E-state index contributed by atoms with van der Waals surface area (Å²) in [6.45, 7) is 3.50. The van der Waals surface area contributed by atoms with Gasteiger partial charge >= 0.3 is 0 Å². The molecule has 0 spiro atoms. The van der Waals surface area contributed by atoms with Crippen molar-refractivity contribution in [2.24, 2.45) is 5.92 Å². The molecular weight excluding hydrogens is 385 g/mol. The van der Waals surface area contributed by atoms with Crippen LogP contribution in [0.2, 0.25) is 0 Å². The second kappa shape index (κ2) is 8.06. The van der Waals surface area contributed by atoms with Gasteiger partial charge in [0, 0.05) is 42.3 Å². The first-order chi connectivity index (χ1) is 9.16. The number of piperazine rings is 1. The van der Waals surface area contributed by atoms with Crippen LogP contribution in [-0.2, 0) is 0 Å². The normalized spacial score (nSPS) is 20.3. The molecule has 2 aliphatic rings. The Morgan fingerprint density at radius 3 is 2.10 bits per heavy atom. The van der Waals surface area contributed by atoms with Crippen LogP contribution in [0.5, 0.6) is 0 Å². The molecule has 1 saturated heterocycles. The molecule has 21 heavy (non-hydrogen) atoms. The Bertz CT molecular complexity index is 457. The van der Waals surface area contributed by atoms with Crippen LogP contribution in [0, 0.1) is 17.6 Å². The van der Waals surface area contributed by atoms with E-state index in [0.29, 0.717) is 10.4 Å². The van der Waals surface area contributed by atoms with Gasteiger partial charge in [-0.25, -0.2) is 8.78 Å². The van der Waals surface area contributed by atoms with Crippen LogP contribution >= 0.6 is 40.7 Å². The van der Waals surface area contributed by atoms with E-state index in [2.05, 4.69) is 26.1 Å². The van der Waals surface area contributed by atoms with E-state index in [4.69, 9.17) is 0 Å². The lowest BCUT2D eigenvalue weighted by molar-refractivity contribution is 0.149. The highest BCUT2D eigenvalue weighted by Crippen LogP contribution is 2.46. The lowest BCUT2D eigenvalue weighted by Gasteiger charge is -2.35. The van der Waals surface area contributed by atoms with Crippen LogP contribution in [0.15, 0.2) is 16.6 Å². The number of benzene rings is 1. The van der Waals surface area contributed by atoms with Gasteiger partial charge in [-0.1, -0.05) is 15.9 Å². The van der Waals surface area contributed by atoms with Crippen molar-refractivity contribution in [3.05, 3.63) is 33.8 Å². The van der Waals surface area contributed by atoms with E-state index in [1.54, 1.807) is 0 Å². The maximum Gasteiger partial charge on any atom is 0.132 e. The molecule has 1 heterocycles. The monoisotopic (exact) mass is 402 g/mol. The third-order valence-electron chi connectivity index (χ3n) is 3.95. The molecule has 0 aromatic heterocycles. The van der Waals surface area contributed by atoms with Gasteiger partial charge in [-0.2, -0.15) is 0 Å². The zero-order chi connectivity index (χ0) is 13.4. The third-order valence-corrected chi connectivity index (χ3v) is 4.41. The van der Waals surface area contributed by atoms with E-state index >= 15 is 0 Å². The Morgan fingerprint density at radius 1 is 1.10 bits per heavy atom. The molecule has 2 fully saturated rings. The lowest BCUT2D eigenvalue weighted by Crippen LogP contribution is -2.46. The summed E-state index contributed by atoms with van der Waals surface area (Å²) in [5.74, 6) is -0.451. The Hall–Kier alpha value is 0.0600. The summed E-state index contributed by atoms with van der Waals surface area (Å²) in [5.41, 5.74) is 0.257. The molecule has 1 aliphatic carbocycles. The molecule has 0 amide bonds. The molecule has 2 nitrogen and oxygen atoms in total. The van der Waals surface area contributed by atoms with Crippen molar-refractivity contribution in [2.75, 3.05) is 26.2 Å². The van der Waals surface area contributed by atoms with Gasteiger partial charge in [-0.05, 0) is 30.9 Å². The van der Waals surface area contributed by atoms with Crippen LogP contribution in [0.4, 0.5) is 8.78 Å². The van der Waals surface area contributed by atoms with Crippen molar-refractivity contribution in [1.82, 2.24) is 10.2 Å². The second-order valence-electron chi connectivity index (χ2n) is 5.35. The van der Waals surface area contributed by atoms with Gasteiger partial charge in [0.05, 0.1) is 0 Å². The highest BCUT2D eigenvalue weighted by atomic mass is 79.9. The number of rotatable bonds is 3. The minimum absolute atomic E-state index is 0. The largest absolute Gasteiger partial charge is 0.314 e. The highest BCUT2D eigenvalue weighted by molar-refractivity contribution is 9.10. The predicted molar refractivity (Wildman–Crippen MR) is 88.5 cm³/mol. The Labute approximate surface area is 144 Å². The Kier molecular flexibility index (Phi) is 7.34. The molecular formula is C14H19BrCl2F2N2. The molecule has 1 N–H and O–H groups in total. The molecule has 1 aromatic rings. The van der Waals surface area contributed by atoms with Crippen LogP contribution < -0.4 is 5.32 Å². The molecule has 1 atom stereocenters. The topological polar surface area (TPSA) is 15.3 Å². The van der Waals surface area contributed by atoms with Gasteiger partial charge in [-0.15, -0.1) is 24.8 Å². The minimum Gasteiger partial charge on any atom is -0.314 e. The second-order valence-corrected chi connectivity index (χ2v) is 6.27. The van der Waals surface area contributed by atoms with E-state index in [9.17, 15) is 8.78 Å². The number of halogens is 5. The lowest BCUT2D eigenvalue weighted by atomic mass is 9.98. The number of nitrogens with zero attached hydrogens (tertiary/aromatic N) is 1. The quantitative estimate of drug-likeness (QED) is 0.822. The van der Waals surface area contributed by atoms with Crippen molar-refractivity contribution in [1.29, 1.82) is 0 Å². The third kappa shape index (κ3) is 4.29. The predicted octanol–water partition coefficient (Wildman–Crippen LogP) is 3.93. The van der Waals surface area contributed by atoms with Crippen LogP contribution in [0.25, 0.3) is 0 Å². The molecule has 7 heteroatoms. The molecule has 1 aliphatic heterocycles. The standard InChI is InChI=1S/C14H17BrF2N2.2ClH/c15-10-7-11(16)13(12(17)8-10)14(9-1-2-9)19-5-3-18-4-6-19;;/h7-9,14,18H,1-6H2;2*1H/t14-;;/m1../s1. The van der Waals surface area contributed by atoms with Crippen LogP contribution in [-0.4, -0.2) is 31.1 Å². The van der Waals surface area contributed by atoms with Crippen LogP contribution in [0.1, 0.15) is 24.4 Å². The van der Waals surface area contributed by atoms with Gasteiger partial charge in [0.15, 0.2) is 0 Å². The Morgan fingerprint density at radius 2 is 1.62 bits per heavy atom. The Balaban J connectivity index is 0.00000110. The average Bonchev–Trinajstić information content (AvgIpc) is 3.18. The van der Waals surface area contributed by atoms with Crippen LogP contribution in [0.3, 0.4) is 0 Å². The number of hydrogen-bond acceptors (Lipinski definition) is 2. The SMILES string of the molecule is Cl.Cl.Fc1cc(Br)cc(F)c1[C@@H](C1CC1)N1CCNCC1. The fourth-order valence-corrected chi connectivity index (χ4v) is 3.33. The maximum atomic E-state index is 14.2. The van der Waals surface area contributed by atoms with E-state index in [-0.39, 0.29) is 36.4 Å². The molecule has 0 radical (unpaired) electrons.